The summed E-state index contributed by atoms with van der Waals surface area (Å²) in [5.41, 5.74) is 0.367. The van der Waals surface area contributed by atoms with Crippen molar-refractivity contribution in [2.45, 2.75) is 25.3 Å². The molecule has 3 rings (SSSR count). The summed E-state index contributed by atoms with van der Waals surface area (Å²) in [5, 5.41) is 0. The van der Waals surface area contributed by atoms with E-state index in [2.05, 4.69) is 11.1 Å². The van der Waals surface area contributed by atoms with Crippen LogP contribution in [0.4, 0.5) is 5.82 Å². The van der Waals surface area contributed by atoms with Crippen LogP contribution >= 0.6 is 0 Å². The van der Waals surface area contributed by atoms with E-state index in [1.165, 1.54) is 0 Å². The van der Waals surface area contributed by atoms with Gasteiger partial charge in [0.1, 0.15) is 5.54 Å². The van der Waals surface area contributed by atoms with E-state index >= 15 is 0 Å². The van der Waals surface area contributed by atoms with E-state index in [1.807, 2.05) is 6.92 Å². The number of hydrogen-bond acceptors (Lipinski definition) is 3. The SMILES string of the molecule is Cc1[c-]cc(N2CCN(C=O)C3(CC3)C2=O)nc1.[Y]. The number of carbonyl (C=O) groups is 2. The smallest absolute Gasteiger partial charge is 0.243 e. The Balaban J connectivity index is 0.00000133. The Labute approximate surface area is 137 Å². The molecule has 5 nitrogen and oxygen atoms in total. The molecule has 0 aromatic carbocycles. The summed E-state index contributed by atoms with van der Waals surface area (Å²) in [4.78, 5) is 31.0. The fourth-order valence-corrected chi connectivity index (χ4v) is 2.45. The Bertz CT molecular complexity index is 499. The Morgan fingerprint density at radius 1 is 1.42 bits per heavy atom. The van der Waals surface area contributed by atoms with Gasteiger partial charge in [0.15, 0.2) is 0 Å². The average Bonchev–Trinajstić information content (AvgIpc) is 3.16. The zero-order valence-corrected chi connectivity index (χ0v) is 13.6. The second-order valence-electron chi connectivity index (χ2n) is 4.88. The topological polar surface area (TPSA) is 53.5 Å². The monoisotopic (exact) mass is 333 g/mol. The van der Waals surface area contributed by atoms with Gasteiger partial charge >= 0.3 is 0 Å². The van der Waals surface area contributed by atoms with Crippen molar-refractivity contribution in [3.8, 4) is 0 Å². The van der Waals surface area contributed by atoms with Crippen LogP contribution < -0.4 is 4.90 Å². The van der Waals surface area contributed by atoms with Crippen LogP contribution in [0.5, 0.6) is 0 Å². The van der Waals surface area contributed by atoms with Crippen molar-refractivity contribution in [1.82, 2.24) is 9.88 Å². The van der Waals surface area contributed by atoms with E-state index < -0.39 is 5.54 Å². The van der Waals surface area contributed by atoms with E-state index in [4.69, 9.17) is 0 Å². The third kappa shape index (κ3) is 2.34. The third-order valence-electron chi connectivity index (χ3n) is 3.70. The van der Waals surface area contributed by atoms with E-state index in [1.54, 1.807) is 22.1 Å². The van der Waals surface area contributed by atoms with E-state index in [9.17, 15) is 9.59 Å². The molecule has 1 aromatic rings. The maximum absolute atomic E-state index is 12.4. The molecule has 2 fully saturated rings. The van der Waals surface area contributed by atoms with Crippen LogP contribution in [-0.2, 0) is 42.3 Å². The number of aryl methyl sites for hydroxylation is 1. The normalized spacial score (nSPS) is 20.2. The number of nitrogens with zero attached hydrogens (tertiary/aromatic N) is 3. The Morgan fingerprint density at radius 2 is 2.16 bits per heavy atom. The van der Waals surface area contributed by atoms with Gasteiger partial charge in [-0.1, -0.05) is 13.1 Å². The molecule has 1 aliphatic heterocycles. The molecule has 19 heavy (non-hydrogen) atoms. The van der Waals surface area contributed by atoms with E-state index in [0.29, 0.717) is 18.9 Å². The van der Waals surface area contributed by atoms with Crippen molar-refractivity contribution in [3.05, 3.63) is 23.9 Å². The van der Waals surface area contributed by atoms with Gasteiger partial charge in [0.2, 0.25) is 12.3 Å². The van der Waals surface area contributed by atoms with Crippen molar-refractivity contribution in [3.63, 3.8) is 0 Å². The number of pyridine rings is 1. The maximum Gasteiger partial charge on any atom is 0.243 e. The van der Waals surface area contributed by atoms with E-state index in [-0.39, 0.29) is 38.6 Å². The molecule has 0 N–H and O–H groups in total. The zero-order chi connectivity index (χ0) is 12.8. The molecule has 97 valence electrons. The van der Waals surface area contributed by atoms with Gasteiger partial charge < -0.3 is 14.8 Å². The molecule has 2 heterocycles. The molecule has 0 unspecified atom stereocenters. The minimum atomic E-state index is -0.577. The number of piperazine rings is 1. The minimum absolute atomic E-state index is 0. The molecule has 1 aromatic heterocycles. The largest absolute Gasteiger partial charge is 0.367 e. The molecule has 0 bridgehead atoms. The first-order chi connectivity index (χ1) is 8.67. The Hall–Kier alpha value is -0.806. The molecule has 0 atom stereocenters. The van der Waals surface area contributed by atoms with Crippen LogP contribution in [-0.4, -0.2) is 40.8 Å². The number of carbonyl (C=O) groups excluding carboxylic acids is 2. The fourth-order valence-electron chi connectivity index (χ4n) is 2.45. The molecule has 1 spiro atoms. The molecule has 1 aliphatic carbocycles. The minimum Gasteiger partial charge on any atom is -0.367 e. The third-order valence-corrected chi connectivity index (χ3v) is 3.70. The second kappa shape index (κ2) is 5.29. The van der Waals surface area contributed by atoms with Gasteiger partial charge in [-0.2, -0.15) is 6.07 Å². The van der Waals surface area contributed by atoms with Gasteiger partial charge in [-0.25, -0.2) is 0 Å². The number of aromatic nitrogens is 1. The number of rotatable bonds is 2. The predicted octanol–water partition coefficient (Wildman–Crippen LogP) is 0.525. The van der Waals surface area contributed by atoms with Crippen molar-refractivity contribution in [2.24, 2.45) is 0 Å². The molecular formula is C13H14N3O2Y-. The van der Waals surface area contributed by atoms with Crippen molar-refractivity contribution >= 4 is 18.1 Å². The first-order valence-corrected chi connectivity index (χ1v) is 6.06. The summed E-state index contributed by atoms with van der Waals surface area (Å²) >= 11 is 0. The molecule has 1 radical (unpaired) electrons. The van der Waals surface area contributed by atoms with Gasteiger partial charge in [0.25, 0.3) is 0 Å². The van der Waals surface area contributed by atoms with Crippen LogP contribution in [0.25, 0.3) is 0 Å². The van der Waals surface area contributed by atoms with Gasteiger partial charge in [-0.05, 0) is 12.8 Å². The van der Waals surface area contributed by atoms with Crippen LogP contribution in [0.15, 0.2) is 12.3 Å². The summed E-state index contributed by atoms with van der Waals surface area (Å²) in [6.45, 7) is 2.99. The standard InChI is InChI=1S/C13H14N3O2.Y/c1-10-2-3-11(14-8-10)16-7-6-15(9-17)13(4-5-13)12(16)18;/h3,8-9H,4-7H2,1H3;/q-1;. The van der Waals surface area contributed by atoms with Crippen molar-refractivity contribution in [1.29, 1.82) is 0 Å². The van der Waals surface area contributed by atoms with Gasteiger partial charge in [-0.3, -0.25) is 9.59 Å². The van der Waals surface area contributed by atoms with Crippen LogP contribution in [0, 0.1) is 13.0 Å². The zero-order valence-electron chi connectivity index (χ0n) is 10.8. The van der Waals surface area contributed by atoms with Crippen molar-refractivity contribution in [2.75, 3.05) is 18.0 Å². The summed E-state index contributed by atoms with van der Waals surface area (Å²) in [6.07, 6.45) is 4.01. The summed E-state index contributed by atoms with van der Waals surface area (Å²) in [5.74, 6) is 0.619. The van der Waals surface area contributed by atoms with Crippen LogP contribution in [0.2, 0.25) is 0 Å². The molecule has 1 saturated heterocycles. The van der Waals surface area contributed by atoms with Gasteiger partial charge in [-0.15, -0.1) is 11.6 Å². The van der Waals surface area contributed by atoms with Gasteiger partial charge in [0.05, 0.1) is 0 Å². The quantitative estimate of drug-likeness (QED) is 0.586. The Morgan fingerprint density at radius 3 is 2.68 bits per heavy atom. The summed E-state index contributed by atoms with van der Waals surface area (Å²) < 4.78 is 0. The molecule has 2 aliphatic rings. The summed E-state index contributed by atoms with van der Waals surface area (Å²) in [7, 11) is 0. The first kappa shape index (κ1) is 14.6. The van der Waals surface area contributed by atoms with Crippen LogP contribution in [0.1, 0.15) is 18.4 Å². The maximum atomic E-state index is 12.4. The Kier molecular flexibility index (Phi) is 4.07. The second-order valence-corrected chi connectivity index (χ2v) is 4.88. The first-order valence-electron chi connectivity index (χ1n) is 6.06. The molecule has 6 heteroatoms. The van der Waals surface area contributed by atoms with Crippen molar-refractivity contribution < 1.29 is 42.3 Å². The number of amides is 2. The average molecular weight is 333 g/mol. The van der Waals surface area contributed by atoms with Gasteiger partial charge in [0, 0.05) is 51.6 Å². The number of hydrogen-bond donors (Lipinski definition) is 0. The molecule has 1 saturated carbocycles. The predicted molar refractivity (Wildman–Crippen MR) is 64.9 cm³/mol. The van der Waals surface area contributed by atoms with E-state index in [0.717, 1.165) is 24.8 Å². The molecular weight excluding hydrogens is 319 g/mol. The number of anilines is 1. The van der Waals surface area contributed by atoms with Crippen LogP contribution in [0.3, 0.4) is 0 Å². The molecule has 2 amide bonds. The summed E-state index contributed by atoms with van der Waals surface area (Å²) in [6, 6.07) is 4.79. The fraction of sp³-hybridized carbons (Fsp3) is 0.462.